The summed E-state index contributed by atoms with van der Waals surface area (Å²) in [7, 11) is 0. The van der Waals surface area contributed by atoms with E-state index >= 15 is 0 Å². The number of nitrogens with zero attached hydrogens (tertiary/aromatic N) is 1. The van der Waals surface area contributed by atoms with Gasteiger partial charge in [-0.05, 0) is 42.9 Å². The second-order valence-corrected chi connectivity index (χ2v) is 5.38. The third-order valence-electron chi connectivity index (χ3n) is 2.92. The maximum atomic E-state index is 12.0. The molecule has 0 aliphatic heterocycles. The summed E-state index contributed by atoms with van der Waals surface area (Å²) in [6.45, 7) is 4.07. The summed E-state index contributed by atoms with van der Waals surface area (Å²) < 4.78 is 2.95. The number of carbonyl (C=O) groups excluding carboxylic acids is 1. The van der Waals surface area contributed by atoms with Gasteiger partial charge in [0.2, 0.25) is 5.91 Å². The molecule has 106 valence electrons. The number of hydrogen-bond donors (Lipinski definition) is 2. The summed E-state index contributed by atoms with van der Waals surface area (Å²) >= 11 is 3.37. The van der Waals surface area contributed by atoms with Crippen molar-refractivity contribution >= 4 is 27.5 Å². The van der Waals surface area contributed by atoms with Gasteiger partial charge in [0.25, 0.3) is 0 Å². The second kappa shape index (κ2) is 7.26. The summed E-state index contributed by atoms with van der Waals surface area (Å²) in [6, 6.07) is 11.5. The minimum Gasteiger partial charge on any atom is -0.341 e. The van der Waals surface area contributed by atoms with Crippen molar-refractivity contribution in [2.45, 2.75) is 20.0 Å². The van der Waals surface area contributed by atoms with Gasteiger partial charge in [-0.3, -0.25) is 4.79 Å². The van der Waals surface area contributed by atoms with E-state index < -0.39 is 0 Å². The van der Waals surface area contributed by atoms with Crippen LogP contribution in [-0.4, -0.2) is 17.0 Å². The van der Waals surface area contributed by atoms with Gasteiger partial charge in [0.1, 0.15) is 6.54 Å². The third-order valence-corrected chi connectivity index (χ3v) is 3.45. The predicted octanol–water partition coefficient (Wildman–Crippen LogP) is 3.00. The molecule has 0 spiro atoms. The Balaban J connectivity index is 1.94. The zero-order valence-corrected chi connectivity index (χ0v) is 13.0. The first kappa shape index (κ1) is 14.8. The molecule has 0 aliphatic rings. The predicted molar refractivity (Wildman–Crippen MR) is 84.6 cm³/mol. The van der Waals surface area contributed by atoms with E-state index in [1.807, 2.05) is 47.2 Å². The normalized spacial score (nSPS) is 10.5. The van der Waals surface area contributed by atoms with Gasteiger partial charge in [0, 0.05) is 28.6 Å². The van der Waals surface area contributed by atoms with Crippen molar-refractivity contribution in [1.82, 2.24) is 9.88 Å². The molecule has 0 unspecified atom stereocenters. The highest BCUT2D eigenvalue weighted by molar-refractivity contribution is 9.10. The van der Waals surface area contributed by atoms with Gasteiger partial charge in [-0.1, -0.05) is 22.9 Å². The first-order chi connectivity index (χ1) is 9.69. The van der Waals surface area contributed by atoms with Crippen LogP contribution in [-0.2, 0) is 17.9 Å². The summed E-state index contributed by atoms with van der Waals surface area (Å²) in [5.74, 6) is -0.0266. The standard InChI is InChI=1S/C15H18BrN3O/c1-2-17-10-14-4-3-9-19(14)11-15(20)18-13-7-5-12(16)6-8-13/h3-9,17H,2,10-11H2,1H3,(H,18,20). The first-order valence-electron chi connectivity index (χ1n) is 6.59. The van der Waals surface area contributed by atoms with Gasteiger partial charge < -0.3 is 15.2 Å². The molecule has 0 aliphatic carbocycles. The van der Waals surface area contributed by atoms with E-state index in [1.54, 1.807) is 0 Å². The highest BCUT2D eigenvalue weighted by atomic mass is 79.9. The van der Waals surface area contributed by atoms with E-state index in [4.69, 9.17) is 0 Å². The molecule has 4 nitrogen and oxygen atoms in total. The van der Waals surface area contributed by atoms with E-state index in [2.05, 4.69) is 33.5 Å². The average molecular weight is 336 g/mol. The maximum absolute atomic E-state index is 12.0. The Morgan fingerprint density at radius 2 is 2.00 bits per heavy atom. The van der Waals surface area contributed by atoms with Gasteiger partial charge >= 0.3 is 0 Å². The van der Waals surface area contributed by atoms with Crippen LogP contribution in [0.2, 0.25) is 0 Å². The molecular weight excluding hydrogens is 318 g/mol. The summed E-state index contributed by atoms with van der Waals surface area (Å²) in [5, 5.41) is 6.15. The molecule has 0 atom stereocenters. The molecule has 0 radical (unpaired) electrons. The van der Waals surface area contributed by atoms with Crippen LogP contribution < -0.4 is 10.6 Å². The fourth-order valence-electron chi connectivity index (χ4n) is 1.91. The lowest BCUT2D eigenvalue weighted by Crippen LogP contribution is -2.21. The number of rotatable bonds is 6. The van der Waals surface area contributed by atoms with Gasteiger partial charge in [0.05, 0.1) is 0 Å². The molecule has 1 aromatic carbocycles. The molecule has 0 saturated carbocycles. The molecule has 5 heteroatoms. The van der Waals surface area contributed by atoms with Crippen LogP contribution in [0.4, 0.5) is 5.69 Å². The summed E-state index contributed by atoms with van der Waals surface area (Å²) in [5.41, 5.74) is 1.91. The van der Waals surface area contributed by atoms with E-state index in [9.17, 15) is 4.79 Å². The average Bonchev–Trinajstić information content (AvgIpc) is 2.86. The topological polar surface area (TPSA) is 46.1 Å². The highest BCUT2D eigenvalue weighted by Gasteiger charge is 2.06. The molecule has 0 bridgehead atoms. The number of benzene rings is 1. The van der Waals surface area contributed by atoms with Crippen LogP contribution >= 0.6 is 15.9 Å². The van der Waals surface area contributed by atoms with Crippen LogP contribution in [0, 0.1) is 0 Å². The minimum atomic E-state index is -0.0266. The Morgan fingerprint density at radius 3 is 2.70 bits per heavy atom. The third kappa shape index (κ3) is 4.21. The van der Waals surface area contributed by atoms with Gasteiger partial charge in [0.15, 0.2) is 0 Å². The van der Waals surface area contributed by atoms with E-state index in [0.717, 1.165) is 28.9 Å². The minimum absolute atomic E-state index is 0.0266. The largest absolute Gasteiger partial charge is 0.341 e. The number of hydrogen-bond acceptors (Lipinski definition) is 2. The lowest BCUT2D eigenvalue weighted by molar-refractivity contribution is -0.116. The van der Waals surface area contributed by atoms with Crippen LogP contribution in [0.1, 0.15) is 12.6 Å². The number of halogens is 1. The van der Waals surface area contributed by atoms with Gasteiger partial charge in [-0.2, -0.15) is 0 Å². The van der Waals surface area contributed by atoms with Crippen molar-refractivity contribution in [3.63, 3.8) is 0 Å². The Kier molecular flexibility index (Phi) is 5.38. The van der Waals surface area contributed by atoms with Crippen LogP contribution in [0.3, 0.4) is 0 Å². The molecule has 2 N–H and O–H groups in total. The monoisotopic (exact) mass is 335 g/mol. The van der Waals surface area contributed by atoms with Crippen molar-refractivity contribution < 1.29 is 4.79 Å². The lowest BCUT2D eigenvalue weighted by Gasteiger charge is -2.10. The lowest BCUT2D eigenvalue weighted by atomic mass is 10.3. The zero-order valence-electron chi connectivity index (χ0n) is 11.4. The fourth-order valence-corrected chi connectivity index (χ4v) is 2.17. The van der Waals surface area contributed by atoms with Crippen molar-refractivity contribution in [2.24, 2.45) is 0 Å². The molecule has 0 saturated heterocycles. The summed E-state index contributed by atoms with van der Waals surface area (Å²) in [4.78, 5) is 12.0. The van der Waals surface area contributed by atoms with Crippen molar-refractivity contribution in [3.8, 4) is 0 Å². The number of carbonyl (C=O) groups is 1. The molecule has 0 fully saturated rings. The highest BCUT2D eigenvalue weighted by Crippen LogP contribution is 2.14. The Hall–Kier alpha value is -1.59. The first-order valence-corrected chi connectivity index (χ1v) is 7.38. The summed E-state index contributed by atoms with van der Waals surface area (Å²) in [6.07, 6.45) is 1.92. The van der Waals surface area contributed by atoms with Gasteiger partial charge in [-0.25, -0.2) is 0 Å². The molecule has 2 aromatic rings. The van der Waals surface area contributed by atoms with E-state index in [1.165, 1.54) is 0 Å². The molecule has 1 aromatic heterocycles. The van der Waals surface area contributed by atoms with Crippen LogP contribution in [0.5, 0.6) is 0 Å². The van der Waals surface area contributed by atoms with Crippen molar-refractivity contribution in [2.75, 3.05) is 11.9 Å². The van der Waals surface area contributed by atoms with E-state index in [0.29, 0.717) is 6.54 Å². The van der Waals surface area contributed by atoms with Crippen molar-refractivity contribution in [3.05, 3.63) is 52.8 Å². The van der Waals surface area contributed by atoms with E-state index in [-0.39, 0.29) is 5.91 Å². The number of anilines is 1. The SMILES string of the molecule is CCNCc1cccn1CC(=O)Nc1ccc(Br)cc1. The van der Waals surface area contributed by atoms with Crippen molar-refractivity contribution in [1.29, 1.82) is 0 Å². The number of aromatic nitrogens is 1. The molecule has 1 heterocycles. The zero-order chi connectivity index (χ0) is 14.4. The van der Waals surface area contributed by atoms with Crippen LogP contribution in [0.25, 0.3) is 0 Å². The Morgan fingerprint density at radius 1 is 1.25 bits per heavy atom. The maximum Gasteiger partial charge on any atom is 0.244 e. The quantitative estimate of drug-likeness (QED) is 0.852. The molecule has 20 heavy (non-hydrogen) atoms. The second-order valence-electron chi connectivity index (χ2n) is 4.46. The molecule has 2 rings (SSSR count). The van der Waals surface area contributed by atoms with Crippen LogP contribution in [0.15, 0.2) is 47.1 Å². The fraction of sp³-hybridized carbons (Fsp3) is 0.267. The number of nitrogens with one attached hydrogen (secondary N) is 2. The smallest absolute Gasteiger partial charge is 0.244 e. The van der Waals surface area contributed by atoms with Gasteiger partial charge in [-0.15, -0.1) is 0 Å². The Labute approximate surface area is 127 Å². The molecular formula is C15H18BrN3O. The Bertz CT molecular complexity index is 563. The number of amides is 1. The molecule has 1 amide bonds.